The van der Waals surface area contributed by atoms with E-state index in [1.165, 1.54) is 0 Å². The first-order valence-electron chi connectivity index (χ1n) is 7.04. The number of nitrogens with zero attached hydrogens (tertiary/aromatic N) is 1. The first kappa shape index (κ1) is 16.5. The molecule has 1 unspecified atom stereocenters. The van der Waals surface area contributed by atoms with Crippen LogP contribution in [0, 0.1) is 5.92 Å². The first-order valence-corrected chi connectivity index (χ1v) is 7.42. The molecule has 22 heavy (non-hydrogen) atoms. The van der Waals surface area contributed by atoms with Gasteiger partial charge in [-0.1, -0.05) is 24.6 Å². The SMILES string of the molecule is C=CCOCC(C)CC(=O)Oc1ccc(Cl)c2cccnc12. The normalized spacial score (nSPS) is 12.1. The molecule has 0 saturated heterocycles. The van der Waals surface area contributed by atoms with E-state index in [1.807, 2.05) is 13.0 Å². The molecule has 0 fully saturated rings. The number of fused-ring (bicyclic) bond motifs is 1. The zero-order valence-electron chi connectivity index (χ0n) is 12.4. The van der Waals surface area contributed by atoms with Crippen molar-refractivity contribution in [1.29, 1.82) is 0 Å². The lowest BCUT2D eigenvalue weighted by Crippen LogP contribution is -2.16. The summed E-state index contributed by atoms with van der Waals surface area (Å²) in [5, 5.41) is 1.34. The Hall–Kier alpha value is -1.91. The Morgan fingerprint density at radius 3 is 3.05 bits per heavy atom. The molecule has 2 aromatic rings. The molecular weight excluding hydrogens is 302 g/mol. The van der Waals surface area contributed by atoms with Gasteiger partial charge in [-0.3, -0.25) is 9.78 Å². The van der Waals surface area contributed by atoms with Gasteiger partial charge in [0.15, 0.2) is 5.75 Å². The van der Waals surface area contributed by atoms with E-state index in [1.54, 1.807) is 30.5 Å². The van der Waals surface area contributed by atoms with Crippen molar-refractivity contribution in [1.82, 2.24) is 4.98 Å². The lowest BCUT2D eigenvalue weighted by atomic mass is 10.1. The summed E-state index contributed by atoms with van der Waals surface area (Å²) in [5.41, 5.74) is 0.582. The average Bonchev–Trinajstić information content (AvgIpc) is 2.50. The minimum Gasteiger partial charge on any atom is -0.424 e. The number of benzene rings is 1. The van der Waals surface area contributed by atoms with E-state index < -0.39 is 0 Å². The number of esters is 1. The number of hydrogen-bond donors (Lipinski definition) is 0. The summed E-state index contributed by atoms with van der Waals surface area (Å²) in [4.78, 5) is 16.3. The lowest BCUT2D eigenvalue weighted by Gasteiger charge is -2.12. The molecule has 1 atom stereocenters. The Labute approximate surface area is 134 Å². The Balaban J connectivity index is 2.03. The van der Waals surface area contributed by atoms with Gasteiger partial charge in [0, 0.05) is 11.6 Å². The van der Waals surface area contributed by atoms with Crippen LogP contribution in [0.15, 0.2) is 43.1 Å². The molecule has 0 aliphatic carbocycles. The molecule has 1 aromatic carbocycles. The maximum absolute atomic E-state index is 12.0. The smallest absolute Gasteiger partial charge is 0.311 e. The number of halogens is 1. The second kappa shape index (κ2) is 7.92. The van der Waals surface area contributed by atoms with Crippen LogP contribution >= 0.6 is 11.6 Å². The van der Waals surface area contributed by atoms with Gasteiger partial charge in [-0.25, -0.2) is 0 Å². The van der Waals surface area contributed by atoms with Crippen molar-refractivity contribution in [2.75, 3.05) is 13.2 Å². The highest BCUT2D eigenvalue weighted by molar-refractivity contribution is 6.35. The van der Waals surface area contributed by atoms with Gasteiger partial charge in [0.25, 0.3) is 0 Å². The number of carbonyl (C=O) groups is 1. The molecule has 116 valence electrons. The van der Waals surface area contributed by atoms with Crippen LogP contribution in [0.4, 0.5) is 0 Å². The third kappa shape index (κ3) is 4.29. The van der Waals surface area contributed by atoms with Crippen LogP contribution < -0.4 is 4.74 Å². The summed E-state index contributed by atoms with van der Waals surface area (Å²) in [7, 11) is 0. The van der Waals surface area contributed by atoms with E-state index in [0.29, 0.717) is 29.5 Å². The zero-order chi connectivity index (χ0) is 15.9. The van der Waals surface area contributed by atoms with Gasteiger partial charge < -0.3 is 9.47 Å². The minimum atomic E-state index is -0.316. The summed E-state index contributed by atoms with van der Waals surface area (Å²) >= 11 is 6.12. The van der Waals surface area contributed by atoms with Crippen molar-refractivity contribution < 1.29 is 14.3 Å². The molecule has 2 rings (SSSR count). The maximum atomic E-state index is 12.0. The van der Waals surface area contributed by atoms with E-state index in [9.17, 15) is 4.79 Å². The van der Waals surface area contributed by atoms with Crippen LogP contribution in [0.3, 0.4) is 0 Å². The van der Waals surface area contributed by atoms with E-state index in [2.05, 4.69) is 11.6 Å². The second-order valence-corrected chi connectivity index (χ2v) is 5.46. The molecule has 5 heteroatoms. The minimum absolute atomic E-state index is 0.0685. The van der Waals surface area contributed by atoms with Crippen LogP contribution in [-0.4, -0.2) is 24.2 Å². The average molecular weight is 320 g/mol. The molecule has 0 spiro atoms. The molecule has 0 aliphatic rings. The highest BCUT2D eigenvalue weighted by Gasteiger charge is 2.14. The molecular formula is C17H18ClNO3. The quantitative estimate of drug-likeness (QED) is 0.335. The Bertz CT molecular complexity index is 672. The molecule has 4 nitrogen and oxygen atoms in total. The summed E-state index contributed by atoms with van der Waals surface area (Å²) in [5.74, 6) is 0.173. The summed E-state index contributed by atoms with van der Waals surface area (Å²) in [6, 6.07) is 6.99. The second-order valence-electron chi connectivity index (χ2n) is 5.05. The van der Waals surface area contributed by atoms with Gasteiger partial charge in [-0.2, -0.15) is 0 Å². The van der Waals surface area contributed by atoms with Crippen molar-refractivity contribution in [3.8, 4) is 5.75 Å². The fourth-order valence-electron chi connectivity index (χ4n) is 2.05. The zero-order valence-corrected chi connectivity index (χ0v) is 13.2. The summed E-state index contributed by atoms with van der Waals surface area (Å²) in [6.45, 7) is 6.47. The van der Waals surface area contributed by atoms with Gasteiger partial charge in [-0.05, 0) is 30.2 Å². The predicted octanol–water partition coefficient (Wildman–Crippen LogP) is 4.02. The van der Waals surface area contributed by atoms with Crippen molar-refractivity contribution in [2.24, 2.45) is 5.92 Å². The molecule has 1 aromatic heterocycles. The number of hydrogen-bond acceptors (Lipinski definition) is 4. The standard InChI is InChI=1S/C17H18ClNO3/c1-3-9-21-11-12(2)10-16(20)22-15-7-6-14(18)13-5-4-8-19-17(13)15/h3-8,12H,1,9-11H2,2H3. The fourth-order valence-corrected chi connectivity index (χ4v) is 2.27. The number of ether oxygens (including phenoxy) is 2. The number of carbonyl (C=O) groups excluding carboxylic acids is 1. The lowest BCUT2D eigenvalue weighted by molar-refractivity contribution is -0.135. The largest absolute Gasteiger partial charge is 0.424 e. The highest BCUT2D eigenvalue weighted by Crippen LogP contribution is 2.29. The maximum Gasteiger partial charge on any atom is 0.311 e. The third-order valence-corrected chi connectivity index (χ3v) is 3.39. The monoisotopic (exact) mass is 319 g/mol. The van der Waals surface area contributed by atoms with Crippen molar-refractivity contribution in [2.45, 2.75) is 13.3 Å². The number of pyridine rings is 1. The topological polar surface area (TPSA) is 48.4 Å². The molecule has 0 bridgehead atoms. The predicted molar refractivity (Wildman–Crippen MR) is 87.2 cm³/mol. The van der Waals surface area contributed by atoms with Gasteiger partial charge in [0.2, 0.25) is 0 Å². The third-order valence-electron chi connectivity index (χ3n) is 3.06. The van der Waals surface area contributed by atoms with E-state index in [0.717, 1.165) is 5.39 Å². The number of aromatic nitrogens is 1. The van der Waals surface area contributed by atoms with Crippen molar-refractivity contribution in [3.05, 3.63) is 48.1 Å². The molecule has 0 N–H and O–H groups in total. The molecule has 0 amide bonds. The molecule has 0 radical (unpaired) electrons. The van der Waals surface area contributed by atoms with Crippen LogP contribution in [0.25, 0.3) is 10.9 Å². The Morgan fingerprint density at radius 1 is 1.45 bits per heavy atom. The van der Waals surface area contributed by atoms with Gasteiger partial charge >= 0.3 is 5.97 Å². The fraction of sp³-hybridized carbons (Fsp3) is 0.294. The van der Waals surface area contributed by atoms with Gasteiger partial charge in [0.1, 0.15) is 5.52 Å². The van der Waals surface area contributed by atoms with Crippen LogP contribution in [0.5, 0.6) is 5.75 Å². The van der Waals surface area contributed by atoms with Crippen LogP contribution in [0.2, 0.25) is 5.02 Å². The van der Waals surface area contributed by atoms with Crippen LogP contribution in [-0.2, 0) is 9.53 Å². The summed E-state index contributed by atoms with van der Waals surface area (Å²) < 4.78 is 10.7. The van der Waals surface area contributed by atoms with Crippen molar-refractivity contribution >= 4 is 28.5 Å². The molecule has 1 heterocycles. The van der Waals surface area contributed by atoms with E-state index in [-0.39, 0.29) is 18.3 Å². The van der Waals surface area contributed by atoms with E-state index >= 15 is 0 Å². The first-order chi connectivity index (χ1) is 10.6. The van der Waals surface area contributed by atoms with Crippen LogP contribution in [0.1, 0.15) is 13.3 Å². The molecule has 0 aliphatic heterocycles. The summed E-state index contributed by atoms with van der Waals surface area (Å²) in [6.07, 6.45) is 3.59. The highest BCUT2D eigenvalue weighted by atomic mass is 35.5. The van der Waals surface area contributed by atoms with E-state index in [4.69, 9.17) is 21.1 Å². The van der Waals surface area contributed by atoms with Gasteiger partial charge in [0.05, 0.1) is 24.7 Å². The van der Waals surface area contributed by atoms with Gasteiger partial charge in [-0.15, -0.1) is 6.58 Å². The molecule has 0 saturated carbocycles. The van der Waals surface area contributed by atoms with Crippen molar-refractivity contribution in [3.63, 3.8) is 0 Å². The Morgan fingerprint density at radius 2 is 2.27 bits per heavy atom. The number of rotatable bonds is 7. The Kier molecular flexibility index (Phi) is 5.92.